The molecule has 0 saturated heterocycles. The van der Waals surface area contributed by atoms with Crippen LogP contribution in [-0.2, 0) is 4.79 Å². The summed E-state index contributed by atoms with van der Waals surface area (Å²) in [6.45, 7) is 1.84. The summed E-state index contributed by atoms with van der Waals surface area (Å²) in [5.41, 5.74) is 6.95. The third-order valence-corrected chi connectivity index (χ3v) is 3.77. The van der Waals surface area contributed by atoms with Gasteiger partial charge in [-0.15, -0.1) is 11.8 Å². The summed E-state index contributed by atoms with van der Waals surface area (Å²) in [6, 6.07) is 5.23. The van der Waals surface area contributed by atoms with E-state index in [-0.39, 0.29) is 11.6 Å². The van der Waals surface area contributed by atoms with E-state index in [2.05, 4.69) is 4.98 Å². The van der Waals surface area contributed by atoms with Crippen molar-refractivity contribution >= 4 is 28.6 Å². The Kier molecular flexibility index (Phi) is 4.01. The number of carboxylic acids is 1. The van der Waals surface area contributed by atoms with Gasteiger partial charge in [0, 0.05) is 21.7 Å². The highest BCUT2D eigenvalue weighted by atomic mass is 32.2. The summed E-state index contributed by atoms with van der Waals surface area (Å²) >= 11 is 1.30. The molecule has 0 bridgehead atoms. The van der Waals surface area contributed by atoms with Gasteiger partial charge in [0.05, 0.1) is 5.52 Å². The largest absolute Gasteiger partial charge is 0.480 e. The minimum absolute atomic E-state index is 0.227. The molecule has 0 saturated carbocycles. The van der Waals surface area contributed by atoms with E-state index in [0.717, 1.165) is 10.6 Å². The number of carboxylic acid groups (broad SMARTS) is 1. The highest BCUT2D eigenvalue weighted by Crippen LogP contribution is 2.28. The van der Waals surface area contributed by atoms with Gasteiger partial charge in [0.2, 0.25) is 0 Å². The fourth-order valence-electron chi connectivity index (χ4n) is 1.66. The second kappa shape index (κ2) is 5.54. The van der Waals surface area contributed by atoms with Crippen LogP contribution in [0.5, 0.6) is 0 Å². The lowest BCUT2D eigenvalue weighted by Crippen LogP contribution is -2.32. The van der Waals surface area contributed by atoms with Crippen LogP contribution in [0.3, 0.4) is 0 Å². The number of carbonyl (C=O) groups is 1. The number of aromatic nitrogens is 1. The number of aliphatic carboxylic acids is 1. The van der Waals surface area contributed by atoms with E-state index < -0.39 is 12.0 Å². The molecular weight excluding hydrogens is 267 g/mol. The maximum atomic E-state index is 13.3. The Morgan fingerprint density at radius 2 is 2.26 bits per heavy atom. The average molecular weight is 280 g/mol. The lowest BCUT2D eigenvalue weighted by molar-refractivity contribution is -0.137. The predicted molar refractivity (Wildman–Crippen MR) is 72.8 cm³/mol. The van der Waals surface area contributed by atoms with Gasteiger partial charge >= 0.3 is 5.97 Å². The molecule has 2 aromatic rings. The molecule has 0 spiro atoms. The third kappa shape index (κ3) is 3.21. The van der Waals surface area contributed by atoms with Crippen LogP contribution < -0.4 is 5.73 Å². The molecule has 0 radical (unpaired) electrons. The number of nitrogens with two attached hydrogens (primary N) is 1. The van der Waals surface area contributed by atoms with Crippen molar-refractivity contribution in [1.82, 2.24) is 4.98 Å². The standard InChI is InChI=1S/C13H13FN2O2S/c1-7-4-12(19-6-10(15)13(17)18)9-5-8(14)2-3-11(9)16-7/h2-5,10H,6,15H2,1H3,(H,17,18). The molecule has 0 aliphatic heterocycles. The summed E-state index contributed by atoms with van der Waals surface area (Å²) in [5, 5.41) is 9.44. The third-order valence-electron chi connectivity index (χ3n) is 2.60. The maximum Gasteiger partial charge on any atom is 0.321 e. The quantitative estimate of drug-likeness (QED) is 0.840. The van der Waals surface area contributed by atoms with Gasteiger partial charge in [-0.2, -0.15) is 0 Å². The fourth-order valence-corrected chi connectivity index (χ4v) is 2.74. The van der Waals surface area contributed by atoms with Crippen molar-refractivity contribution in [3.05, 3.63) is 35.8 Å². The predicted octanol–water partition coefficient (Wildman–Crippen LogP) is 2.19. The number of hydrogen-bond donors (Lipinski definition) is 2. The van der Waals surface area contributed by atoms with Gasteiger partial charge in [-0.25, -0.2) is 4.39 Å². The van der Waals surface area contributed by atoms with Crippen LogP contribution in [0.25, 0.3) is 10.9 Å². The van der Waals surface area contributed by atoms with Gasteiger partial charge < -0.3 is 10.8 Å². The monoisotopic (exact) mass is 280 g/mol. The number of pyridine rings is 1. The first-order valence-corrected chi connectivity index (χ1v) is 6.64. The summed E-state index contributed by atoms with van der Waals surface area (Å²) in [7, 11) is 0. The number of thioether (sulfide) groups is 1. The lowest BCUT2D eigenvalue weighted by Gasteiger charge is -2.09. The van der Waals surface area contributed by atoms with E-state index in [4.69, 9.17) is 10.8 Å². The van der Waals surface area contributed by atoms with Gasteiger partial charge in [0.25, 0.3) is 0 Å². The Bertz CT molecular complexity index is 633. The van der Waals surface area contributed by atoms with Crippen LogP contribution in [-0.4, -0.2) is 27.9 Å². The Labute approximate surface area is 113 Å². The summed E-state index contributed by atoms with van der Waals surface area (Å²) in [5.74, 6) is -1.17. The fraction of sp³-hybridized carbons (Fsp3) is 0.231. The topological polar surface area (TPSA) is 76.2 Å². The molecule has 6 heteroatoms. The van der Waals surface area contributed by atoms with E-state index >= 15 is 0 Å². The molecule has 0 amide bonds. The van der Waals surface area contributed by atoms with E-state index in [9.17, 15) is 9.18 Å². The number of rotatable bonds is 4. The number of nitrogens with zero attached hydrogens (tertiary/aromatic N) is 1. The van der Waals surface area contributed by atoms with Crippen LogP contribution in [0.4, 0.5) is 4.39 Å². The van der Waals surface area contributed by atoms with Crippen molar-refractivity contribution in [2.45, 2.75) is 17.9 Å². The first-order valence-electron chi connectivity index (χ1n) is 5.65. The van der Waals surface area contributed by atoms with Crippen molar-refractivity contribution in [1.29, 1.82) is 0 Å². The van der Waals surface area contributed by atoms with Crippen molar-refractivity contribution < 1.29 is 14.3 Å². The van der Waals surface area contributed by atoms with Gasteiger partial charge in [-0.05, 0) is 31.2 Å². The van der Waals surface area contributed by atoms with Crippen molar-refractivity contribution in [2.75, 3.05) is 5.75 Å². The smallest absolute Gasteiger partial charge is 0.321 e. The highest BCUT2D eigenvalue weighted by Gasteiger charge is 2.13. The number of fused-ring (bicyclic) bond motifs is 1. The molecule has 19 heavy (non-hydrogen) atoms. The van der Waals surface area contributed by atoms with Crippen molar-refractivity contribution in [2.24, 2.45) is 5.73 Å². The second-order valence-corrected chi connectivity index (χ2v) is 5.24. The van der Waals surface area contributed by atoms with Crippen LogP contribution in [0.15, 0.2) is 29.2 Å². The zero-order chi connectivity index (χ0) is 14.0. The molecule has 0 aliphatic carbocycles. The molecule has 1 unspecified atom stereocenters. The second-order valence-electron chi connectivity index (χ2n) is 4.18. The van der Waals surface area contributed by atoms with Crippen LogP contribution in [0.2, 0.25) is 0 Å². The van der Waals surface area contributed by atoms with E-state index in [0.29, 0.717) is 10.9 Å². The average Bonchev–Trinajstić information content (AvgIpc) is 2.36. The Hall–Kier alpha value is -1.66. The zero-order valence-electron chi connectivity index (χ0n) is 10.3. The van der Waals surface area contributed by atoms with Crippen molar-refractivity contribution in [3.8, 4) is 0 Å². The van der Waals surface area contributed by atoms with Crippen LogP contribution in [0.1, 0.15) is 5.69 Å². The normalized spacial score (nSPS) is 12.6. The SMILES string of the molecule is Cc1cc(SCC(N)C(=O)O)c2cc(F)ccc2n1. The maximum absolute atomic E-state index is 13.3. The molecule has 2 rings (SSSR count). The lowest BCUT2D eigenvalue weighted by atomic mass is 10.2. The first kappa shape index (κ1) is 13.8. The number of aryl methyl sites for hydroxylation is 1. The number of hydrogen-bond acceptors (Lipinski definition) is 4. The molecule has 0 aliphatic rings. The number of halogens is 1. The molecule has 4 nitrogen and oxygen atoms in total. The van der Waals surface area contributed by atoms with Crippen molar-refractivity contribution in [3.63, 3.8) is 0 Å². The Morgan fingerprint density at radius 1 is 1.53 bits per heavy atom. The van der Waals surface area contributed by atoms with Gasteiger partial charge in [0.15, 0.2) is 0 Å². The highest BCUT2D eigenvalue weighted by molar-refractivity contribution is 7.99. The molecule has 1 atom stereocenters. The summed E-state index contributed by atoms with van der Waals surface area (Å²) < 4.78 is 13.3. The summed E-state index contributed by atoms with van der Waals surface area (Å²) in [6.07, 6.45) is 0. The van der Waals surface area contributed by atoms with E-state index in [1.165, 1.54) is 23.9 Å². The van der Waals surface area contributed by atoms with Gasteiger partial charge in [-0.3, -0.25) is 9.78 Å². The van der Waals surface area contributed by atoms with Gasteiger partial charge in [0.1, 0.15) is 11.9 Å². The van der Waals surface area contributed by atoms with E-state index in [1.807, 2.05) is 6.92 Å². The molecule has 1 heterocycles. The summed E-state index contributed by atoms with van der Waals surface area (Å²) in [4.78, 5) is 15.8. The zero-order valence-corrected chi connectivity index (χ0v) is 11.1. The Balaban J connectivity index is 2.36. The van der Waals surface area contributed by atoms with Crippen LogP contribution >= 0.6 is 11.8 Å². The molecule has 100 valence electrons. The number of benzene rings is 1. The first-order chi connectivity index (χ1) is 8.97. The minimum atomic E-state index is -1.05. The molecule has 1 aromatic carbocycles. The molecular formula is C13H13FN2O2S. The van der Waals surface area contributed by atoms with Gasteiger partial charge in [-0.1, -0.05) is 0 Å². The minimum Gasteiger partial charge on any atom is -0.480 e. The Morgan fingerprint density at radius 3 is 2.95 bits per heavy atom. The molecule has 1 aromatic heterocycles. The van der Waals surface area contributed by atoms with E-state index in [1.54, 1.807) is 12.1 Å². The molecule has 3 N–H and O–H groups in total. The molecule has 0 fully saturated rings. The van der Waals surface area contributed by atoms with Crippen LogP contribution in [0, 0.1) is 12.7 Å².